The fourth-order valence-electron chi connectivity index (χ4n) is 3.17. The summed E-state index contributed by atoms with van der Waals surface area (Å²) in [6.45, 7) is 2.29. The summed E-state index contributed by atoms with van der Waals surface area (Å²) < 4.78 is 24.1. The highest BCUT2D eigenvalue weighted by Gasteiger charge is 1.96. The predicted molar refractivity (Wildman–Crippen MR) is 117 cm³/mol. The van der Waals surface area contributed by atoms with Crippen LogP contribution in [0.25, 0.3) is 0 Å². The molecule has 1 rings (SSSR count). The summed E-state index contributed by atoms with van der Waals surface area (Å²) in [4.78, 5) is 0. The Bertz CT molecular complexity index is 447. The van der Waals surface area contributed by atoms with Crippen LogP contribution in [-0.2, 0) is 17.8 Å². The van der Waals surface area contributed by atoms with Crippen molar-refractivity contribution in [1.82, 2.24) is 0 Å². The van der Waals surface area contributed by atoms with Crippen LogP contribution in [0.2, 0.25) is 5.02 Å². The lowest BCUT2D eigenvalue weighted by atomic mass is 10.0. The molecule has 0 radical (unpaired) electrons. The van der Waals surface area contributed by atoms with Gasteiger partial charge in [0.2, 0.25) is 0 Å². The molecule has 5 heteroatoms. The number of aryl methyl sites for hydroxylation is 1. The van der Waals surface area contributed by atoms with E-state index in [0.717, 1.165) is 5.02 Å². The molecule has 0 bridgehead atoms. The largest absolute Gasteiger partial charge is 0.750 e. The first-order valence-corrected chi connectivity index (χ1v) is 12.0. The Morgan fingerprint density at radius 2 is 1.11 bits per heavy atom. The van der Waals surface area contributed by atoms with Crippen LogP contribution in [0.3, 0.4) is 0 Å². The van der Waals surface area contributed by atoms with Gasteiger partial charge in [0.1, 0.15) is 0 Å². The van der Waals surface area contributed by atoms with Gasteiger partial charge in [-0.05, 0) is 30.5 Å². The fourth-order valence-corrected chi connectivity index (χ4v) is 3.30. The first-order chi connectivity index (χ1) is 13.1. The lowest BCUT2D eigenvalue weighted by Gasteiger charge is -2.04. The standard InChI is InChI=1S/C22H37Cl.H2O3S/c1-2-3-4-5-6-7-8-9-10-11-12-13-14-15-16-21-17-19-22(23)20-18-21;1-4(2)3/h17-20H,2-16H2,1H3;(H2,1,2,3)/p-1. The SMILES string of the molecule is CCCCCCCCCCCCCCCCc1ccc(Cl)cc1.O=S([O-])O. The van der Waals surface area contributed by atoms with Crippen LogP contribution in [0.5, 0.6) is 0 Å². The van der Waals surface area contributed by atoms with Crippen LogP contribution >= 0.6 is 11.6 Å². The molecular formula is C22H38ClO3S-. The maximum absolute atomic E-state index is 8.56. The third-order valence-electron chi connectivity index (χ3n) is 4.73. The first-order valence-electron chi connectivity index (χ1n) is 10.6. The van der Waals surface area contributed by atoms with Crippen LogP contribution in [0.15, 0.2) is 24.3 Å². The van der Waals surface area contributed by atoms with Crippen molar-refractivity contribution in [1.29, 1.82) is 0 Å². The summed E-state index contributed by atoms with van der Waals surface area (Å²) in [5.74, 6) is 0. The van der Waals surface area contributed by atoms with Crippen LogP contribution in [0, 0.1) is 0 Å². The minimum Gasteiger partial charge on any atom is -0.750 e. The number of unbranched alkanes of at least 4 members (excludes halogenated alkanes) is 13. The summed E-state index contributed by atoms with van der Waals surface area (Å²) in [6.07, 6.45) is 21.2. The molecule has 1 atom stereocenters. The molecule has 0 aliphatic carbocycles. The highest BCUT2D eigenvalue weighted by atomic mass is 35.5. The van der Waals surface area contributed by atoms with Crippen LogP contribution < -0.4 is 0 Å². The smallest absolute Gasteiger partial charge is 0.0814 e. The second-order valence-corrected chi connectivity index (χ2v) is 8.06. The maximum atomic E-state index is 8.56. The molecule has 27 heavy (non-hydrogen) atoms. The molecule has 0 amide bonds. The van der Waals surface area contributed by atoms with Crippen molar-refractivity contribution in [2.45, 2.75) is 103 Å². The van der Waals surface area contributed by atoms with E-state index >= 15 is 0 Å². The third kappa shape index (κ3) is 21.7. The Labute approximate surface area is 174 Å². The summed E-state index contributed by atoms with van der Waals surface area (Å²) in [5.41, 5.74) is 1.42. The van der Waals surface area contributed by atoms with Gasteiger partial charge in [0.05, 0.1) is 11.4 Å². The summed E-state index contributed by atoms with van der Waals surface area (Å²) in [5, 5.41) is 0.842. The molecule has 1 aromatic carbocycles. The predicted octanol–water partition coefficient (Wildman–Crippen LogP) is 7.70. The van der Waals surface area contributed by atoms with E-state index in [1.165, 1.54) is 102 Å². The Morgan fingerprint density at radius 3 is 1.48 bits per heavy atom. The van der Waals surface area contributed by atoms with Gasteiger partial charge in [-0.1, -0.05) is 114 Å². The van der Waals surface area contributed by atoms with Crippen LogP contribution in [0.1, 0.15) is 102 Å². The second kappa shape index (κ2) is 20.3. The molecule has 3 nitrogen and oxygen atoms in total. The fraction of sp³-hybridized carbons (Fsp3) is 0.727. The Balaban J connectivity index is 0.00000153. The molecule has 0 spiro atoms. The topological polar surface area (TPSA) is 60.4 Å². The maximum Gasteiger partial charge on any atom is 0.0814 e. The zero-order valence-corrected chi connectivity index (χ0v) is 18.5. The van der Waals surface area contributed by atoms with Gasteiger partial charge in [-0.3, -0.25) is 0 Å². The molecule has 0 aliphatic heterocycles. The number of benzene rings is 1. The van der Waals surface area contributed by atoms with Gasteiger partial charge in [-0.2, -0.15) is 0 Å². The Hall–Kier alpha value is -0.420. The summed E-state index contributed by atoms with van der Waals surface area (Å²) >= 11 is 3.04. The highest BCUT2D eigenvalue weighted by Crippen LogP contribution is 2.15. The second-order valence-electron chi connectivity index (χ2n) is 7.19. The van der Waals surface area contributed by atoms with E-state index < -0.39 is 11.4 Å². The van der Waals surface area contributed by atoms with E-state index in [1.807, 2.05) is 12.1 Å². The summed E-state index contributed by atoms with van der Waals surface area (Å²) in [6, 6.07) is 8.32. The summed E-state index contributed by atoms with van der Waals surface area (Å²) in [7, 11) is 0. The lowest BCUT2D eigenvalue weighted by Crippen LogP contribution is -1.86. The Kier molecular flexibility index (Phi) is 20.0. The quantitative estimate of drug-likeness (QED) is 0.235. The zero-order chi connectivity index (χ0) is 20.2. The molecule has 0 saturated heterocycles. The van der Waals surface area contributed by atoms with Crippen molar-refractivity contribution in [2.24, 2.45) is 0 Å². The number of hydrogen-bond acceptors (Lipinski definition) is 2. The first kappa shape index (κ1) is 26.6. The average Bonchev–Trinajstić information content (AvgIpc) is 2.63. The van der Waals surface area contributed by atoms with Crippen molar-refractivity contribution in [3.8, 4) is 0 Å². The van der Waals surface area contributed by atoms with Crippen LogP contribution in [0.4, 0.5) is 0 Å². The molecule has 158 valence electrons. The molecule has 1 N–H and O–H groups in total. The molecule has 0 fully saturated rings. The van der Waals surface area contributed by atoms with E-state index in [9.17, 15) is 0 Å². The van der Waals surface area contributed by atoms with Gasteiger partial charge >= 0.3 is 0 Å². The van der Waals surface area contributed by atoms with Gasteiger partial charge in [0, 0.05) is 5.02 Å². The van der Waals surface area contributed by atoms with Gasteiger partial charge in [0.25, 0.3) is 0 Å². The molecular weight excluding hydrogens is 380 g/mol. The van der Waals surface area contributed by atoms with Crippen molar-refractivity contribution < 1.29 is 13.3 Å². The van der Waals surface area contributed by atoms with Crippen molar-refractivity contribution >= 4 is 23.0 Å². The van der Waals surface area contributed by atoms with E-state index in [0.29, 0.717) is 0 Å². The minimum atomic E-state index is -2.86. The number of rotatable bonds is 15. The van der Waals surface area contributed by atoms with Crippen LogP contribution in [-0.4, -0.2) is 13.3 Å². The third-order valence-corrected chi connectivity index (χ3v) is 4.98. The zero-order valence-electron chi connectivity index (χ0n) is 17.0. The van der Waals surface area contributed by atoms with Gasteiger partial charge in [-0.15, -0.1) is 0 Å². The molecule has 1 aromatic rings. The Morgan fingerprint density at radius 1 is 0.778 bits per heavy atom. The molecule has 0 heterocycles. The molecule has 0 saturated carbocycles. The van der Waals surface area contributed by atoms with Gasteiger partial charge < -0.3 is 9.11 Å². The van der Waals surface area contributed by atoms with E-state index in [1.54, 1.807) is 0 Å². The average molecular weight is 418 g/mol. The normalized spacial score (nSPS) is 11.7. The van der Waals surface area contributed by atoms with Crippen molar-refractivity contribution in [3.63, 3.8) is 0 Å². The highest BCUT2D eigenvalue weighted by molar-refractivity contribution is 7.73. The van der Waals surface area contributed by atoms with Gasteiger partial charge in [0.15, 0.2) is 0 Å². The molecule has 0 aliphatic rings. The minimum absolute atomic E-state index is 0.842. The lowest BCUT2D eigenvalue weighted by molar-refractivity contribution is 0.436. The van der Waals surface area contributed by atoms with Crippen molar-refractivity contribution in [3.05, 3.63) is 34.9 Å². The van der Waals surface area contributed by atoms with E-state index in [4.69, 9.17) is 24.9 Å². The number of halogens is 1. The van der Waals surface area contributed by atoms with E-state index in [2.05, 4.69) is 19.1 Å². The van der Waals surface area contributed by atoms with Gasteiger partial charge in [-0.25, -0.2) is 4.21 Å². The monoisotopic (exact) mass is 417 g/mol. The molecule has 0 aromatic heterocycles. The van der Waals surface area contributed by atoms with Crippen molar-refractivity contribution in [2.75, 3.05) is 0 Å². The molecule has 1 unspecified atom stereocenters. The number of hydrogen-bond donors (Lipinski definition) is 1. The van der Waals surface area contributed by atoms with E-state index in [-0.39, 0.29) is 0 Å².